The van der Waals surface area contributed by atoms with Gasteiger partial charge in [-0.1, -0.05) is 0 Å². The molecule has 7 N–H and O–H groups in total. The minimum Gasteiger partial charge on any atom is -0.504 e. The van der Waals surface area contributed by atoms with Gasteiger partial charge in [-0.15, -0.1) is 23.1 Å². The number of hydrogen-bond acceptors (Lipinski definition) is 10. The first kappa shape index (κ1) is 22.4. The van der Waals surface area contributed by atoms with E-state index in [2.05, 4.69) is 15.6 Å². The van der Waals surface area contributed by atoms with Gasteiger partial charge in [-0.25, -0.2) is 9.78 Å². The number of carboxylic acid groups (broad SMARTS) is 1. The Hall–Kier alpha value is -3.78. The number of nitrogen functional groups attached to an aromatic ring is 1. The molecule has 3 atom stereocenters. The number of aromatic hydroxyl groups is 2. The molecule has 3 heterocycles. The van der Waals surface area contributed by atoms with E-state index in [0.717, 1.165) is 23.5 Å². The Morgan fingerprint density at radius 2 is 2.00 bits per heavy atom. The lowest BCUT2D eigenvalue weighted by molar-refractivity contribution is -0.145. The molecule has 0 aliphatic carbocycles. The van der Waals surface area contributed by atoms with Crippen LogP contribution in [0.5, 0.6) is 11.5 Å². The van der Waals surface area contributed by atoms with Crippen LogP contribution in [0, 0.1) is 0 Å². The molecule has 33 heavy (non-hydrogen) atoms. The molecule has 0 spiro atoms. The van der Waals surface area contributed by atoms with Crippen LogP contribution in [0.15, 0.2) is 35.4 Å². The number of nitrogens with two attached hydrogens (primary N) is 1. The summed E-state index contributed by atoms with van der Waals surface area (Å²) in [6.07, 6.45) is 1.26. The number of anilines is 1. The molecule has 172 valence electrons. The van der Waals surface area contributed by atoms with Crippen LogP contribution in [-0.4, -0.2) is 66.1 Å². The summed E-state index contributed by atoms with van der Waals surface area (Å²) in [5, 5.41) is 34.4. The molecule has 2 aliphatic rings. The Morgan fingerprint density at radius 1 is 1.24 bits per heavy atom. The fraction of sp³-hybridized carbons (Fsp3) is 0.211. The van der Waals surface area contributed by atoms with Gasteiger partial charge in [-0.2, -0.15) is 0 Å². The standard InChI is InChI=1S/C19H17N5O7S2/c20-19-21-9(6-33-19)12(22-14(27)7-1-2-10(25)11(26)3-7)15(28)23-13-16(29)24-4-8(18(30)31)5-32-17(13)24/h1-4,6,12-13,17,25-26H,5H2,(H2,20,21)(H,22,27)(H,23,28)(H,30,31)/t12?,13?,17-/m1/s1. The molecule has 14 heteroatoms. The smallest absolute Gasteiger partial charge is 0.333 e. The number of carboxylic acids is 1. The largest absolute Gasteiger partial charge is 0.504 e. The van der Waals surface area contributed by atoms with Crippen LogP contribution < -0.4 is 16.4 Å². The number of aliphatic carboxylic acids is 1. The highest BCUT2D eigenvalue weighted by molar-refractivity contribution is 8.00. The number of carbonyl (C=O) groups is 4. The average Bonchev–Trinajstić information content (AvgIpc) is 3.22. The SMILES string of the molecule is Nc1nc(C(NC(=O)c2ccc(O)c(O)c2)C(=O)NC2C(=O)N3C=C(C(=O)O)CS[C@H]23)cs1. The quantitative estimate of drug-likeness (QED) is 0.236. The van der Waals surface area contributed by atoms with Gasteiger partial charge in [0, 0.05) is 22.9 Å². The molecule has 12 nitrogen and oxygen atoms in total. The molecule has 1 saturated heterocycles. The molecular formula is C19H17N5O7S2. The first-order valence-corrected chi connectivity index (χ1v) is 11.3. The fourth-order valence-corrected chi connectivity index (χ4v) is 5.09. The number of β-lactam (4-membered cyclic amide) rings is 1. The third-order valence-electron chi connectivity index (χ3n) is 4.97. The van der Waals surface area contributed by atoms with E-state index in [1.54, 1.807) is 0 Å². The van der Waals surface area contributed by atoms with Crippen molar-refractivity contribution < 1.29 is 34.5 Å². The number of thioether (sulfide) groups is 1. The number of rotatable bonds is 6. The summed E-state index contributed by atoms with van der Waals surface area (Å²) in [7, 11) is 0. The fourth-order valence-electron chi connectivity index (χ4n) is 3.25. The van der Waals surface area contributed by atoms with Gasteiger partial charge < -0.3 is 36.6 Å². The van der Waals surface area contributed by atoms with E-state index in [1.807, 2.05) is 0 Å². The van der Waals surface area contributed by atoms with E-state index in [1.165, 1.54) is 34.3 Å². The summed E-state index contributed by atoms with van der Waals surface area (Å²) in [6, 6.07) is 1.20. The van der Waals surface area contributed by atoms with Crippen molar-refractivity contribution in [2.24, 2.45) is 0 Å². The van der Waals surface area contributed by atoms with Crippen LogP contribution in [-0.2, 0) is 14.4 Å². The zero-order chi connectivity index (χ0) is 23.9. The number of carbonyl (C=O) groups excluding carboxylic acids is 3. The van der Waals surface area contributed by atoms with Crippen LogP contribution in [0.25, 0.3) is 0 Å². The highest BCUT2D eigenvalue weighted by Gasteiger charge is 2.50. The number of thiazole rings is 1. The van der Waals surface area contributed by atoms with Crippen LogP contribution in [0.4, 0.5) is 5.13 Å². The van der Waals surface area contributed by atoms with Crippen LogP contribution >= 0.6 is 23.1 Å². The van der Waals surface area contributed by atoms with Crippen LogP contribution in [0.3, 0.4) is 0 Å². The molecule has 0 radical (unpaired) electrons. The Morgan fingerprint density at radius 3 is 2.64 bits per heavy atom. The Bertz CT molecular complexity index is 1200. The molecule has 3 amide bonds. The van der Waals surface area contributed by atoms with Gasteiger partial charge in [0.05, 0.1) is 11.3 Å². The van der Waals surface area contributed by atoms with Gasteiger partial charge in [-0.05, 0) is 18.2 Å². The van der Waals surface area contributed by atoms with Gasteiger partial charge >= 0.3 is 5.97 Å². The van der Waals surface area contributed by atoms with Gasteiger partial charge in [-0.3, -0.25) is 14.4 Å². The van der Waals surface area contributed by atoms with Crippen LogP contribution in [0.2, 0.25) is 0 Å². The molecule has 4 rings (SSSR count). The maximum atomic E-state index is 13.1. The van der Waals surface area contributed by atoms with E-state index in [-0.39, 0.29) is 27.7 Å². The summed E-state index contributed by atoms with van der Waals surface area (Å²) in [4.78, 5) is 54.6. The summed E-state index contributed by atoms with van der Waals surface area (Å²) in [5.74, 6) is -3.81. The summed E-state index contributed by atoms with van der Waals surface area (Å²) in [5.41, 5.74) is 5.87. The monoisotopic (exact) mass is 491 g/mol. The summed E-state index contributed by atoms with van der Waals surface area (Å²) >= 11 is 2.25. The summed E-state index contributed by atoms with van der Waals surface area (Å²) < 4.78 is 0. The van der Waals surface area contributed by atoms with E-state index in [9.17, 15) is 29.4 Å². The van der Waals surface area contributed by atoms with Gasteiger partial charge in [0.2, 0.25) is 5.91 Å². The molecule has 0 bridgehead atoms. The lowest BCUT2D eigenvalue weighted by atomic mass is 10.1. The number of hydrogen-bond donors (Lipinski definition) is 6. The first-order chi connectivity index (χ1) is 15.7. The number of fused-ring (bicyclic) bond motifs is 1. The highest BCUT2D eigenvalue weighted by Crippen LogP contribution is 2.36. The first-order valence-electron chi connectivity index (χ1n) is 9.37. The van der Waals surface area contributed by atoms with Crippen molar-refractivity contribution in [1.29, 1.82) is 0 Å². The predicted molar refractivity (Wildman–Crippen MR) is 117 cm³/mol. The third kappa shape index (κ3) is 4.29. The maximum Gasteiger partial charge on any atom is 0.333 e. The average molecular weight is 492 g/mol. The van der Waals surface area contributed by atoms with Crippen molar-refractivity contribution in [3.63, 3.8) is 0 Å². The lowest BCUT2D eigenvalue weighted by Crippen LogP contribution is -2.69. The molecule has 1 fully saturated rings. The topological polar surface area (TPSA) is 195 Å². The van der Waals surface area contributed by atoms with Gasteiger partial charge in [0.25, 0.3) is 11.8 Å². The van der Waals surface area contributed by atoms with Crippen molar-refractivity contribution in [2.45, 2.75) is 17.5 Å². The molecule has 0 saturated carbocycles. The minimum atomic E-state index is -1.30. The summed E-state index contributed by atoms with van der Waals surface area (Å²) in [6.45, 7) is 0. The Labute approximate surface area is 194 Å². The van der Waals surface area contributed by atoms with E-state index >= 15 is 0 Å². The Kier molecular flexibility index (Phi) is 5.86. The number of benzene rings is 1. The van der Waals surface area contributed by atoms with Crippen LogP contribution in [0.1, 0.15) is 22.1 Å². The number of nitrogens with one attached hydrogen (secondary N) is 2. The number of amides is 3. The molecule has 2 unspecified atom stereocenters. The zero-order valence-corrected chi connectivity index (χ0v) is 18.2. The molecular weight excluding hydrogens is 474 g/mol. The molecule has 1 aromatic carbocycles. The second-order valence-electron chi connectivity index (χ2n) is 7.11. The minimum absolute atomic E-state index is 0.0219. The normalized spacial score (nSPS) is 20.2. The van der Waals surface area contributed by atoms with E-state index in [4.69, 9.17) is 10.8 Å². The lowest BCUT2D eigenvalue weighted by Gasteiger charge is -2.47. The second-order valence-corrected chi connectivity index (χ2v) is 9.11. The Balaban J connectivity index is 1.51. The van der Waals surface area contributed by atoms with Crippen molar-refractivity contribution in [3.05, 3.63) is 46.6 Å². The molecule has 2 aromatic rings. The molecule has 2 aliphatic heterocycles. The third-order valence-corrected chi connectivity index (χ3v) is 6.98. The van der Waals surface area contributed by atoms with Crippen molar-refractivity contribution in [2.75, 3.05) is 11.5 Å². The number of phenolic OH excluding ortho intramolecular Hbond substituents is 2. The van der Waals surface area contributed by atoms with Crippen molar-refractivity contribution >= 4 is 51.9 Å². The number of phenols is 2. The predicted octanol–water partition coefficient (Wildman–Crippen LogP) is -0.0240. The molecule has 1 aromatic heterocycles. The second kappa shape index (κ2) is 8.63. The highest BCUT2D eigenvalue weighted by atomic mass is 32.2. The number of aromatic nitrogens is 1. The zero-order valence-electron chi connectivity index (χ0n) is 16.6. The maximum absolute atomic E-state index is 13.1. The number of nitrogens with zero attached hydrogens (tertiary/aromatic N) is 2. The van der Waals surface area contributed by atoms with E-state index in [0.29, 0.717) is 0 Å². The van der Waals surface area contributed by atoms with Crippen molar-refractivity contribution in [3.8, 4) is 11.5 Å². The van der Waals surface area contributed by atoms with E-state index < -0.39 is 52.6 Å². The van der Waals surface area contributed by atoms with Gasteiger partial charge in [0.15, 0.2) is 22.7 Å². The van der Waals surface area contributed by atoms with Gasteiger partial charge in [0.1, 0.15) is 11.4 Å². The van der Waals surface area contributed by atoms with Crippen molar-refractivity contribution in [1.82, 2.24) is 20.5 Å².